The average Bonchev–Trinajstić information content (AvgIpc) is 3.55. The van der Waals surface area contributed by atoms with E-state index in [9.17, 15) is 28.0 Å². The smallest absolute Gasteiger partial charge is 0.276 e. The first-order valence-electron chi connectivity index (χ1n) is 15.5. The SMILES string of the molecule is CC1(C)Cc2[nH]nc(C(=O)Nc3cnn(CC4CN(C(=O)C5CN(c6ccc(C7CCC(=O)NC7=O)cn6)C5)C4)c3)c2CC1(F)F. The molecule has 3 fully saturated rings. The van der Waals surface area contributed by atoms with Crippen molar-refractivity contribution in [3.05, 3.63) is 53.2 Å². The van der Waals surface area contributed by atoms with Crippen molar-refractivity contribution >= 4 is 35.1 Å². The van der Waals surface area contributed by atoms with Gasteiger partial charge >= 0.3 is 0 Å². The Bertz CT molecular complexity index is 1700. The van der Waals surface area contributed by atoms with Gasteiger partial charge < -0.3 is 15.1 Å². The zero-order chi connectivity index (χ0) is 32.4. The second-order valence-corrected chi connectivity index (χ2v) is 13.5. The maximum absolute atomic E-state index is 14.7. The number of nitrogens with zero attached hydrogens (tertiary/aromatic N) is 6. The summed E-state index contributed by atoms with van der Waals surface area (Å²) in [5.41, 5.74) is 0.766. The molecule has 6 heterocycles. The van der Waals surface area contributed by atoms with Crippen LogP contribution in [-0.4, -0.2) is 85.6 Å². The van der Waals surface area contributed by atoms with Gasteiger partial charge in [-0.3, -0.25) is 34.3 Å². The number of H-pyrrole nitrogens is 1. The molecule has 3 N–H and O–H groups in total. The Hall–Kier alpha value is -4.69. The van der Waals surface area contributed by atoms with E-state index in [0.29, 0.717) is 56.9 Å². The molecule has 1 atom stereocenters. The highest BCUT2D eigenvalue weighted by Gasteiger charge is 2.51. The average molecular weight is 636 g/mol. The van der Waals surface area contributed by atoms with Crippen LogP contribution in [0.5, 0.6) is 0 Å². The highest BCUT2D eigenvalue weighted by molar-refractivity contribution is 6.04. The zero-order valence-electron chi connectivity index (χ0n) is 25.6. The molecule has 46 heavy (non-hydrogen) atoms. The number of imide groups is 1. The van der Waals surface area contributed by atoms with Crippen LogP contribution >= 0.6 is 0 Å². The van der Waals surface area contributed by atoms with Crippen LogP contribution in [-0.2, 0) is 33.8 Å². The summed E-state index contributed by atoms with van der Waals surface area (Å²) in [5, 5.41) is 16.2. The largest absolute Gasteiger partial charge is 0.355 e. The van der Waals surface area contributed by atoms with Crippen LogP contribution in [0.1, 0.15) is 59.9 Å². The minimum atomic E-state index is -2.95. The van der Waals surface area contributed by atoms with Crippen molar-refractivity contribution in [2.75, 3.05) is 36.4 Å². The molecule has 4 amide bonds. The summed E-state index contributed by atoms with van der Waals surface area (Å²) in [6.07, 6.45) is 5.20. The van der Waals surface area contributed by atoms with Crippen molar-refractivity contribution < 1.29 is 28.0 Å². The van der Waals surface area contributed by atoms with Gasteiger partial charge in [0.2, 0.25) is 17.7 Å². The second-order valence-electron chi connectivity index (χ2n) is 13.5. The summed E-state index contributed by atoms with van der Waals surface area (Å²) >= 11 is 0. The number of halogens is 2. The summed E-state index contributed by atoms with van der Waals surface area (Å²) in [4.78, 5) is 57.8. The summed E-state index contributed by atoms with van der Waals surface area (Å²) in [6.45, 7) is 5.95. The number of likely N-dealkylation sites (tertiary alicyclic amines) is 1. The lowest BCUT2D eigenvalue weighted by atomic mass is 9.73. The predicted octanol–water partition coefficient (Wildman–Crippen LogP) is 2.13. The molecule has 3 aliphatic heterocycles. The summed E-state index contributed by atoms with van der Waals surface area (Å²) in [5.74, 6) is -3.48. The molecule has 0 bridgehead atoms. The Labute approximate surface area is 263 Å². The third-order valence-corrected chi connectivity index (χ3v) is 9.75. The van der Waals surface area contributed by atoms with Crippen molar-refractivity contribution in [3.63, 3.8) is 0 Å². The van der Waals surface area contributed by atoms with Crippen molar-refractivity contribution in [2.24, 2.45) is 17.3 Å². The lowest BCUT2D eigenvalue weighted by molar-refractivity contribution is -0.143. The van der Waals surface area contributed by atoms with Crippen LogP contribution in [0, 0.1) is 17.3 Å². The highest BCUT2D eigenvalue weighted by atomic mass is 19.3. The van der Waals surface area contributed by atoms with Gasteiger partial charge in [0, 0.05) is 87.0 Å². The first kappa shape index (κ1) is 30.0. The third kappa shape index (κ3) is 5.41. The molecule has 13 nitrogen and oxygen atoms in total. The number of carbonyl (C=O) groups is 4. The third-order valence-electron chi connectivity index (χ3n) is 9.75. The fourth-order valence-electron chi connectivity index (χ4n) is 6.69. The van der Waals surface area contributed by atoms with Crippen LogP contribution in [0.3, 0.4) is 0 Å². The number of alkyl halides is 2. The molecule has 0 saturated carbocycles. The summed E-state index contributed by atoms with van der Waals surface area (Å²) < 4.78 is 31.0. The van der Waals surface area contributed by atoms with E-state index < -0.39 is 23.7 Å². The lowest BCUT2D eigenvalue weighted by Gasteiger charge is -2.46. The lowest BCUT2D eigenvalue weighted by Crippen LogP contribution is -2.60. The topological polar surface area (TPSA) is 158 Å². The molecule has 3 aromatic heterocycles. The standard InChI is InChI=1S/C31H35F2N9O4/c1-30(2)8-23-22(7-31(30,32)33)26(39-38-23)28(45)36-20-10-35-42(16-20)13-17-11-41(12-17)29(46)19-14-40(15-19)24-5-3-18(9-34-24)21-4-6-25(43)37-27(21)44/h3,5,9-10,16-17,19,21H,4,6-8,11-15H2,1-2H3,(H,36,45)(H,38,39)(H,37,43,44). The monoisotopic (exact) mass is 635 g/mol. The van der Waals surface area contributed by atoms with Gasteiger partial charge in [-0.2, -0.15) is 10.2 Å². The molecule has 3 aromatic rings. The molecule has 3 saturated heterocycles. The molecule has 7 rings (SSSR count). The Balaban J connectivity index is 0.859. The number of aromatic amines is 1. The van der Waals surface area contributed by atoms with Crippen LogP contribution in [0.25, 0.3) is 0 Å². The number of hydrogen-bond donors (Lipinski definition) is 3. The van der Waals surface area contributed by atoms with Crippen molar-refractivity contribution in [3.8, 4) is 0 Å². The van der Waals surface area contributed by atoms with Gasteiger partial charge in [-0.05, 0) is 18.1 Å². The molecule has 242 valence electrons. The van der Waals surface area contributed by atoms with E-state index >= 15 is 0 Å². The Kier molecular flexibility index (Phi) is 7.16. The zero-order valence-corrected chi connectivity index (χ0v) is 25.6. The number of aromatic nitrogens is 5. The highest BCUT2D eigenvalue weighted by Crippen LogP contribution is 2.46. The molecule has 1 aliphatic carbocycles. The van der Waals surface area contributed by atoms with E-state index in [1.54, 1.807) is 17.1 Å². The summed E-state index contributed by atoms with van der Waals surface area (Å²) in [6, 6.07) is 3.71. The number of pyridine rings is 1. The molecule has 0 radical (unpaired) electrons. The van der Waals surface area contributed by atoms with E-state index in [1.807, 2.05) is 21.9 Å². The Morgan fingerprint density at radius 3 is 2.59 bits per heavy atom. The van der Waals surface area contributed by atoms with E-state index in [0.717, 1.165) is 11.4 Å². The molecular weight excluding hydrogens is 600 g/mol. The van der Waals surface area contributed by atoms with Crippen molar-refractivity contribution in [1.29, 1.82) is 0 Å². The van der Waals surface area contributed by atoms with Crippen molar-refractivity contribution in [1.82, 2.24) is 35.2 Å². The van der Waals surface area contributed by atoms with Crippen LogP contribution in [0.15, 0.2) is 30.7 Å². The van der Waals surface area contributed by atoms with Gasteiger partial charge in [0.15, 0.2) is 5.69 Å². The van der Waals surface area contributed by atoms with E-state index in [1.165, 1.54) is 20.0 Å². The fraction of sp³-hybridized carbons (Fsp3) is 0.516. The summed E-state index contributed by atoms with van der Waals surface area (Å²) in [7, 11) is 0. The molecule has 0 spiro atoms. The van der Waals surface area contributed by atoms with Crippen LogP contribution in [0.2, 0.25) is 0 Å². The Morgan fingerprint density at radius 1 is 1.09 bits per heavy atom. The maximum atomic E-state index is 14.7. The van der Waals surface area contributed by atoms with Crippen LogP contribution in [0.4, 0.5) is 20.3 Å². The number of fused-ring (bicyclic) bond motifs is 1. The normalized spacial score (nSPS) is 22.5. The minimum Gasteiger partial charge on any atom is -0.355 e. The fourth-order valence-corrected chi connectivity index (χ4v) is 6.69. The van der Waals surface area contributed by atoms with Crippen molar-refractivity contribution in [2.45, 2.75) is 57.9 Å². The first-order valence-corrected chi connectivity index (χ1v) is 15.5. The van der Waals surface area contributed by atoms with E-state index in [4.69, 9.17) is 0 Å². The molecule has 0 aromatic carbocycles. The first-order chi connectivity index (χ1) is 21.9. The van der Waals surface area contributed by atoms with Crippen LogP contribution < -0.4 is 15.5 Å². The van der Waals surface area contributed by atoms with Gasteiger partial charge in [-0.15, -0.1) is 0 Å². The number of carbonyl (C=O) groups excluding carboxylic acids is 4. The molecule has 15 heteroatoms. The number of anilines is 2. The van der Waals surface area contributed by atoms with Gasteiger partial charge in [0.1, 0.15) is 5.82 Å². The van der Waals surface area contributed by atoms with E-state index in [2.05, 4.69) is 30.9 Å². The van der Waals surface area contributed by atoms with Gasteiger partial charge in [-0.25, -0.2) is 13.8 Å². The maximum Gasteiger partial charge on any atom is 0.276 e. The number of hydrogen-bond acceptors (Lipinski definition) is 8. The van der Waals surface area contributed by atoms with E-state index in [-0.39, 0.29) is 53.2 Å². The molecule has 4 aliphatic rings. The molecular formula is C31H35F2N9O4. The number of amides is 4. The number of nitrogens with one attached hydrogen (secondary N) is 3. The minimum absolute atomic E-state index is 0.0272. The second kappa shape index (κ2) is 11.0. The quantitative estimate of drug-likeness (QED) is 0.333. The molecule has 1 unspecified atom stereocenters. The number of piperidine rings is 1. The van der Waals surface area contributed by atoms with Gasteiger partial charge in [0.25, 0.3) is 11.8 Å². The van der Waals surface area contributed by atoms with Gasteiger partial charge in [-0.1, -0.05) is 19.9 Å². The number of rotatable bonds is 7. The predicted molar refractivity (Wildman–Crippen MR) is 160 cm³/mol. The van der Waals surface area contributed by atoms with Gasteiger partial charge in [0.05, 0.1) is 23.7 Å². The Morgan fingerprint density at radius 2 is 1.87 bits per heavy atom.